The largest absolute Gasteiger partial charge is 0.485 e. The van der Waals surface area contributed by atoms with Crippen LogP contribution in [0.1, 0.15) is 33.3 Å². The van der Waals surface area contributed by atoms with E-state index in [1.165, 1.54) is 11.6 Å². The van der Waals surface area contributed by atoms with E-state index in [2.05, 4.69) is 19.9 Å². The number of allylic oxidation sites excluding steroid dienone is 1. The Labute approximate surface area is 135 Å². The minimum Gasteiger partial charge on any atom is -0.485 e. The van der Waals surface area contributed by atoms with Gasteiger partial charge in [-0.2, -0.15) is 0 Å². The molecule has 1 aromatic heterocycles. The second-order valence-corrected chi connectivity index (χ2v) is 6.77. The van der Waals surface area contributed by atoms with Crippen molar-refractivity contribution < 1.29 is 13.9 Å². The minimum atomic E-state index is -0.439. The molecular formula is C19H22O4. The van der Waals surface area contributed by atoms with Crippen LogP contribution in [0.2, 0.25) is 0 Å². The highest BCUT2D eigenvalue weighted by Crippen LogP contribution is 2.37. The van der Waals surface area contributed by atoms with E-state index >= 15 is 0 Å². The van der Waals surface area contributed by atoms with Gasteiger partial charge in [0.1, 0.15) is 23.0 Å². The van der Waals surface area contributed by atoms with Crippen LogP contribution in [0.15, 0.2) is 45.1 Å². The van der Waals surface area contributed by atoms with Crippen LogP contribution in [-0.2, 0) is 11.2 Å². The van der Waals surface area contributed by atoms with Gasteiger partial charge in [0.05, 0.1) is 6.61 Å². The fourth-order valence-electron chi connectivity index (χ4n) is 2.78. The molecule has 2 heterocycles. The molecule has 4 nitrogen and oxygen atoms in total. The molecule has 1 aliphatic rings. The first-order chi connectivity index (χ1) is 10.8. The maximum atomic E-state index is 11.4. The summed E-state index contributed by atoms with van der Waals surface area (Å²) < 4.78 is 17.4. The number of hydrogen-bond acceptors (Lipinski definition) is 4. The van der Waals surface area contributed by atoms with E-state index in [1.54, 1.807) is 12.1 Å². The van der Waals surface area contributed by atoms with Gasteiger partial charge in [-0.25, -0.2) is 4.79 Å². The summed E-state index contributed by atoms with van der Waals surface area (Å²) in [5, 5.41) is 0.898. The summed E-state index contributed by atoms with van der Waals surface area (Å²) in [5.41, 5.74) is 2.07. The lowest BCUT2D eigenvalue weighted by molar-refractivity contribution is -0.0755. The summed E-state index contributed by atoms with van der Waals surface area (Å²) in [6.07, 6.45) is 2.81. The molecule has 3 rings (SSSR count). The van der Waals surface area contributed by atoms with E-state index in [-0.39, 0.29) is 11.7 Å². The summed E-state index contributed by atoms with van der Waals surface area (Å²) >= 11 is 0. The third-order valence-electron chi connectivity index (χ3n) is 4.15. The molecule has 1 aliphatic heterocycles. The fraction of sp³-hybridized carbons (Fsp3) is 0.421. The first-order valence-electron chi connectivity index (χ1n) is 7.86. The molecular weight excluding hydrogens is 292 g/mol. The minimum absolute atomic E-state index is 0.0289. The summed E-state index contributed by atoms with van der Waals surface area (Å²) in [7, 11) is 0. The Kier molecular flexibility index (Phi) is 4.02. The van der Waals surface area contributed by atoms with Crippen LogP contribution in [0.4, 0.5) is 0 Å². The number of hydrogen-bond donors (Lipinski definition) is 0. The lowest BCUT2D eigenvalue weighted by Crippen LogP contribution is -2.48. The van der Waals surface area contributed by atoms with E-state index in [0.717, 1.165) is 23.1 Å². The zero-order chi connectivity index (χ0) is 16.6. The topological polar surface area (TPSA) is 48.7 Å². The van der Waals surface area contributed by atoms with E-state index < -0.39 is 5.60 Å². The molecule has 0 saturated carbocycles. The normalized spacial score (nSPS) is 19.0. The molecule has 0 fully saturated rings. The zero-order valence-electron chi connectivity index (χ0n) is 14.0. The summed E-state index contributed by atoms with van der Waals surface area (Å²) in [6.45, 7) is 8.74. The fourth-order valence-corrected chi connectivity index (χ4v) is 2.78. The maximum absolute atomic E-state index is 11.4. The van der Waals surface area contributed by atoms with Crippen LogP contribution >= 0.6 is 0 Å². The van der Waals surface area contributed by atoms with Crippen LogP contribution in [0.25, 0.3) is 11.0 Å². The van der Waals surface area contributed by atoms with Gasteiger partial charge in [0.25, 0.3) is 0 Å². The SMILES string of the molecule is CC(C)=CCO[C@H]1Cc2cc3ccc(=O)oc3cc2OC1(C)C. The molecule has 1 atom stereocenters. The number of fused-ring (bicyclic) bond motifs is 2. The summed E-state index contributed by atoms with van der Waals surface area (Å²) in [4.78, 5) is 11.4. The average Bonchev–Trinajstić information content (AvgIpc) is 2.45. The van der Waals surface area contributed by atoms with Crippen molar-refractivity contribution in [2.24, 2.45) is 0 Å². The molecule has 0 bridgehead atoms. The third kappa shape index (κ3) is 3.32. The standard InChI is InChI=1S/C19H22O4/c1-12(2)7-8-21-17-10-14-9-13-5-6-18(20)22-15(13)11-16(14)23-19(17,3)4/h5-7,9,11,17H,8,10H2,1-4H3/t17-/m0/s1. The van der Waals surface area contributed by atoms with Gasteiger partial charge in [0.2, 0.25) is 0 Å². The Morgan fingerprint density at radius 1 is 1.35 bits per heavy atom. The third-order valence-corrected chi connectivity index (χ3v) is 4.15. The maximum Gasteiger partial charge on any atom is 0.336 e. The Morgan fingerprint density at radius 3 is 2.87 bits per heavy atom. The second kappa shape index (κ2) is 5.85. The molecule has 0 radical (unpaired) electrons. The highest BCUT2D eigenvalue weighted by molar-refractivity contribution is 5.79. The molecule has 0 amide bonds. The monoisotopic (exact) mass is 314 g/mol. The predicted molar refractivity (Wildman–Crippen MR) is 90.1 cm³/mol. The molecule has 0 aliphatic carbocycles. The van der Waals surface area contributed by atoms with Crippen LogP contribution in [0.5, 0.6) is 5.75 Å². The molecule has 2 aromatic rings. The van der Waals surface area contributed by atoms with Crippen LogP contribution in [-0.4, -0.2) is 18.3 Å². The number of benzene rings is 1. The van der Waals surface area contributed by atoms with Gasteiger partial charge < -0.3 is 13.9 Å². The van der Waals surface area contributed by atoms with Gasteiger partial charge in [0, 0.05) is 23.9 Å². The molecule has 0 unspecified atom stereocenters. The number of rotatable bonds is 3. The predicted octanol–water partition coefficient (Wildman–Crippen LogP) is 3.86. The summed E-state index contributed by atoms with van der Waals surface area (Å²) in [5.74, 6) is 0.763. The van der Waals surface area contributed by atoms with Crippen molar-refractivity contribution >= 4 is 11.0 Å². The first kappa shape index (κ1) is 15.8. The average molecular weight is 314 g/mol. The quantitative estimate of drug-likeness (QED) is 0.637. The lowest BCUT2D eigenvalue weighted by atomic mass is 9.90. The Bertz CT molecular complexity index is 810. The van der Waals surface area contributed by atoms with E-state index in [9.17, 15) is 4.79 Å². The van der Waals surface area contributed by atoms with Gasteiger partial charge in [-0.05, 0) is 45.4 Å². The highest BCUT2D eigenvalue weighted by Gasteiger charge is 2.37. The van der Waals surface area contributed by atoms with Crippen molar-refractivity contribution in [1.29, 1.82) is 0 Å². The van der Waals surface area contributed by atoms with E-state index in [1.807, 2.05) is 19.9 Å². The van der Waals surface area contributed by atoms with Crippen molar-refractivity contribution in [3.05, 3.63) is 51.9 Å². The highest BCUT2D eigenvalue weighted by atomic mass is 16.6. The van der Waals surface area contributed by atoms with Gasteiger partial charge in [0.15, 0.2) is 0 Å². The van der Waals surface area contributed by atoms with Crippen LogP contribution in [0.3, 0.4) is 0 Å². The molecule has 23 heavy (non-hydrogen) atoms. The molecule has 0 saturated heterocycles. The Balaban J connectivity index is 1.92. The molecule has 4 heteroatoms. The lowest BCUT2D eigenvalue weighted by Gasteiger charge is -2.39. The van der Waals surface area contributed by atoms with Crippen molar-refractivity contribution in [3.8, 4) is 5.75 Å². The summed E-state index contributed by atoms with van der Waals surface area (Å²) in [6, 6.07) is 7.03. The Hall–Kier alpha value is -2.07. The van der Waals surface area contributed by atoms with Gasteiger partial charge in [-0.1, -0.05) is 11.6 Å². The van der Waals surface area contributed by atoms with Crippen LogP contribution < -0.4 is 10.4 Å². The number of ether oxygens (including phenoxy) is 2. The Morgan fingerprint density at radius 2 is 2.13 bits per heavy atom. The van der Waals surface area contributed by atoms with Crippen molar-refractivity contribution in [2.75, 3.05) is 6.61 Å². The molecule has 1 aromatic carbocycles. The first-order valence-corrected chi connectivity index (χ1v) is 7.86. The van der Waals surface area contributed by atoms with E-state index in [0.29, 0.717) is 12.2 Å². The molecule has 122 valence electrons. The second-order valence-electron chi connectivity index (χ2n) is 6.77. The zero-order valence-corrected chi connectivity index (χ0v) is 14.0. The molecule has 0 N–H and O–H groups in total. The van der Waals surface area contributed by atoms with Crippen molar-refractivity contribution in [3.63, 3.8) is 0 Å². The smallest absolute Gasteiger partial charge is 0.336 e. The van der Waals surface area contributed by atoms with Gasteiger partial charge in [-0.15, -0.1) is 0 Å². The van der Waals surface area contributed by atoms with Crippen molar-refractivity contribution in [2.45, 2.75) is 45.8 Å². The molecule has 0 spiro atoms. The van der Waals surface area contributed by atoms with Gasteiger partial charge >= 0.3 is 5.63 Å². The van der Waals surface area contributed by atoms with Crippen molar-refractivity contribution in [1.82, 2.24) is 0 Å². The van der Waals surface area contributed by atoms with E-state index in [4.69, 9.17) is 13.9 Å². The van der Waals surface area contributed by atoms with Crippen LogP contribution in [0, 0.1) is 0 Å². The van der Waals surface area contributed by atoms with Gasteiger partial charge in [-0.3, -0.25) is 0 Å².